The number of hydrogen-bond acceptors (Lipinski definition) is 4. The minimum atomic E-state index is -1.44. The highest BCUT2D eigenvalue weighted by Gasteiger charge is 2.21. The Hall–Kier alpha value is -3.35. The summed E-state index contributed by atoms with van der Waals surface area (Å²) in [6.45, 7) is 0. The Morgan fingerprint density at radius 1 is 1.00 bits per heavy atom. The van der Waals surface area contributed by atoms with E-state index in [0.29, 0.717) is 5.75 Å². The van der Waals surface area contributed by atoms with Gasteiger partial charge in [-0.15, -0.1) is 0 Å². The summed E-state index contributed by atoms with van der Waals surface area (Å²) in [6, 6.07) is 10.1. The zero-order valence-corrected chi connectivity index (χ0v) is 12.1. The lowest BCUT2D eigenvalue weighted by Crippen LogP contribution is -2.17. The maximum absolute atomic E-state index is 12.2. The number of hydrogen-bond donors (Lipinski definition) is 3. The van der Waals surface area contributed by atoms with Crippen LogP contribution in [-0.4, -0.2) is 35.2 Å². The molecule has 0 aliphatic rings. The van der Waals surface area contributed by atoms with Gasteiger partial charge in [0.1, 0.15) is 5.75 Å². The summed E-state index contributed by atoms with van der Waals surface area (Å²) in [7, 11) is 1.45. The number of methoxy groups -OCH3 is 1. The number of benzene rings is 2. The number of carbonyl (C=O) groups excluding carboxylic acids is 1. The fourth-order valence-corrected chi connectivity index (χ4v) is 2.02. The van der Waals surface area contributed by atoms with Crippen LogP contribution in [0, 0.1) is 0 Å². The molecule has 118 valence electrons. The van der Waals surface area contributed by atoms with E-state index in [1.807, 2.05) is 0 Å². The summed E-state index contributed by atoms with van der Waals surface area (Å²) in [5.41, 5.74) is -0.719. The fraction of sp³-hybridized carbons (Fsp3) is 0.0625. The standard InChI is InChI=1S/C16H13NO6/c1-23-10-5-2-4-9(8-10)14(18)17-12-7-3-6-11(15(19)20)13(12)16(21)22/h2-8H,1H3,(H,17,18)(H,19,20)(H,21,22). The SMILES string of the molecule is COc1cccc(C(=O)Nc2cccc(C(=O)O)c2C(=O)O)c1. The van der Waals surface area contributed by atoms with Gasteiger partial charge in [0, 0.05) is 5.56 Å². The maximum Gasteiger partial charge on any atom is 0.338 e. The van der Waals surface area contributed by atoms with Crippen LogP contribution >= 0.6 is 0 Å². The Kier molecular flexibility index (Phi) is 4.61. The summed E-state index contributed by atoms with van der Waals surface area (Å²) < 4.78 is 5.02. The van der Waals surface area contributed by atoms with Gasteiger partial charge >= 0.3 is 11.9 Å². The molecule has 0 spiro atoms. The van der Waals surface area contributed by atoms with Crippen molar-refractivity contribution in [1.82, 2.24) is 0 Å². The Bertz CT molecular complexity index is 784. The van der Waals surface area contributed by atoms with Crippen molar-refractivity contribution in [3.63, 3.8) is 0 Å². The van der Waals surface area contributed by atoms with Gasteiger partial charge in [0.15, 0.2) is 0 Å². The number of aromatic carboxylic acids is 2. The molecule has 2 aromatic rings. The Balaban J connectivity index is 2.39. The van der Waals surface area contributed by atoms with E-state index < -0.39 is 29.0 Å². The van der Waals surface area contributed by atoms with E-state index in [0.717, 1.165) is 6.07 Å². The molecule has 0 aliphatic carbocycles. The second-order valence-electron chi connectivity index (χ2n) is 4.52. The van der Waals surface area contributed by atoms with Crippen molar-refractivity contribution in [2.75, 3.05) is 12.4 Å². The van der Waals surface area contributed by atoms with Gasteiger partial charge in [0.2, 0.25) is 0 Å². The van der Waals surface area contributed by atoms with Crippen molar-refractivity contribution in [2.24, 2.45) is 0 Å². The molecule has 0 saturated carbocycles. The second-order valence-corrected chi connectivity index (χ2v) is 4.52. The summed E-state index contributed by atoms with van der Waals surface area (Å²) in [5.74, 6) is -2.94. The van der Waals surface area contributed by atoms with Crippen LogP contribution in [0.15, 0.2) is 42.5 Å². The predicted molar refractivity (Wildman–Crippen MR) is 81.3 cm³/mol. The molecule has 0 bridgehead atoms. The molecule has 7 heteroatoms. The van der Waals surface area contributed by atoms with Crippen molar-refractivity contribution in [3.05, 3.63) is 59.2 Å². The number of nitrogens with one attached hydrogen (secondary N) is 1. The summed E-state index contributed by atoms with van der Waals surface area (Å²) in [5, 5.41) is 20.7. The molecule has 0 aliphatic heterocycles. The molecular weight excluding hydrogens is 302 g/mol. The topological polar surface area (TPSA) is 113 Å². The van der Waals surface area contributed by atoms with Crippen molar-refractivity contribution in [1.29, 1.82) is 0 Å². The smallest absolute Gasteiger partial charge is 0.338 e. The number of carboxylic acid groups (broad SMARTS) is 2. The minimum absolute atomic E-state index is 0.0924. The first-order valence-corrected chi connectivity index (χ1v) is 6.49. The van der Waals surface area contributed by atoms with Gasteiger partial charge in [-0.05, 0) is 30.3 Å². The number of rotatable bonds is 5. The van der Waals surface area contributed by atoms with Crippen LogP contribution in [0.5, 0.6) is 5.75 Å². The largest absolute Gasteiger partial charge is 0.497 e. The van der Waals surface area contributed by atoms with Crippen LogP contribution in [0.3, 0.4) is 0 Å². The normalized spacial score (nSPS) is 9.96. The van der Waals surface area contributed by atoms with Gasteiger partial charge < -0.3 is 20.3 Å². The first kappa shape index (κ1) is 16.0. The Morgan fingerprint density at radius 2 is 1.70 bits per heavy atom. The molecular formula is C16H13NO6. The van der Waals surface area contributed by atoms with E-state index in [2.05, 4.69) is 5.32 Å². The number of carboxylic acids is 2. The zero-order valence-electron chi connectivity index (χ0n) is 12.1. The number of anilines is 1. The van der Waals surface area contributed by atoms with Gasteiger partial charge in [-0.25, -0.2) is 9.59 Å². The quantitative estimate of drug-likeness (QED) is 0.780. The number of ether oxygens (including phenoxy) is 1. The molecule has 0 atom stereocenters. The van der Waals surface area contributed by atoms with Crippen LogP contribution in [0.2, 0.25) is 0 Å². The van der Waals surface area contributed by atoms with Crippen molar-refractivity contribution >= 4 is 23.5 Å². The lowest BCUT2D eigenvalue weighted by atomic mass is 10.0. The van der Waals surface area contributed by atoms with E-state index in [1.54, 1.807) is 12.1 Å². The Morgan fingerprint density at radius 3 is 2.30 bits per heavy atom. The predicted octanol–water partition coefficient (Wildman–Crippen LogP) is 2.34. The van der Waals surface area contributed by atoms with E-state index >= 15 is 0 Å². The van der Waals surface area contributed by atoms with Crippen LogP contribution < -0.4 is 10.1 Å². The lowest BCUT2D eigenvalue weighted by molar-refractivity contribution is 0.0652. The lowest BCUT2D eigenvalue weighted by Gasteiger charge is -2.11. The molecule has 1 amide bonds. The van der Waals surface area contributed by atoms with Crippen molar-refractivity contribution in [3.8, 4) is 5.75 Å². The first-order chi connectivity index (χ1) is 10.9. The molecule has 0 heterocycles. The molecule has 0 radical (unpaired) electrons. The van der Waals surface area contributed by atoms with Crippen molar-refractivity contribution in [2.45, 2.75) is 0 Å². The molecule has 0 fully saturated rings. The molecule has 0 saturated heterocycles. The molecule has 0 aromatic heterocycles. The van der Waals surface area contributed by atoms with E-state index in [4.69, 9.17) is 9.84 Å². The molecule has 23 heavy (non-hydrogen) atoms. The summed E-state index contributed by atoms with van der Waals surface area (Å²) in [6.07, 6.45) is 0. The molecule has 3 N–H and O–H groups in total. The van der Waals surface area contributed by atoms with E-state index in [-0.39, 0.29) is 11.3 Å². The Labute approximate surface area is 131 Å². The molecule has 7 nitrogen and oxygen atoms in total. The van der Waals surface area contributed by atoms with E-state index in [1.165, 1.54) is 31.4 Å². The maximum atomic E-state index is 12.2. The summed E-state index contributed by atoms with van der Waals surface area (Å²) >= 11 is 0. The number of carbonyl (C=O) groups is 3. The highest BCUT2D eigenvalue weighted by atomic mass is 16.5. The van der Waals surface area contributed by atoms with Gasteiger partial charge in [-0.2, -0.15) is 0 Å². The third kappa shape index (κ3) is 3.46. The van der Waals surface area contributed by atoms with Gasteiger partial charge in [0.05, 0.1) is 23.9 Å². The van der Waals surface area contributed by atoms with Crippen molar-refractivity contribution < 1.29 is 29.3 Å². The first-order valence-electron chi connectivity index (χ1n) is 6.49. The molecule has 2 aromatic carbocycles. The van der Waals surface area contributed by atoms with Crippen LogP contribution in [-0.2, 0) is 0 Å². The van der Waals surface area contributed by atoms with Crippen LogP contribution in [0.25, 0.3) is 0 Å². The highest BCUT2D eigenvalue weighted by molar-refractivity contribution is 6.11. The molecule has 2 rings (SSSR count). The number of amides is 1. The average molecular weight is 315 g/mol. The third-order valence-electron chi connectivity index (χ3n) is 3.09. The summed E-state index contributed by atoms with van der Waals surface area (Å²) in [4.78, 5) is 34.7. The minimum Gasteiger partial charge on any atom is -0.497 e. The fourth-order valence-electron chi connectivity index (χ4n) is 2.02. The van der Waals surface area contributed by atoms with E-state index in [9.17, 15) is 19.5 Å². The second kappa shape index (κ2) is 6.61. The van der Waals surface area contributed by atoms with Gasteiger partial charge in [-0.1, -0.05) is 12.1 Å². The average Bonchev–Trinajstić information content (AvgIpc) is 2.54. The highest BCUT2D eigenvalue weighted by Crippen LogP contribution is 2.22. The van der Waals surface area contributed by atoms with Crippen LogP contribution in [0.1, 0.15) is 31.1 Å². The van der Waals surface area contributed by atoms with Gasteiger partial charge in [0.25, 0.3) is 5.91 Å². The third-order valence-corrected chi connectivity index (χ3v) is 3.09. The molecule has 0 unspecified atom stereocenters. The monoisotopic (exact) mass is 315 g/mol. The van der Waals surface area contributed by atoms with Crippen LogP contribution in [0.4, 0.5) is 5.69 Å². The van der Waals surface area contributed by atoms with Gasteiger partial charge in [-0.3, -0.25) is 4.79 Å². The zero-order chi connectivity index (χ0) is 17.0.